The number of rotatable bonds is 5. The van der Waals surface area contributed by atoms with E-state index in [4.69, 9.17) is 0 Å². The molecule has 0 aliphatic rings. The highest BCUT2D eigenvalue weighted by atomic mass is 16.3. The Bertz CT molecular complexity index is 345. The van der Waals surface area contributed by atoms with Crippen molar-refractivity contribution in [2.24, 2.45) is 5.41 Å². The van der Waals surface area contributed by atoms with Gasteiger partial charge >= 0.3 is 0 Å². The van der Waals surface area contributed by atoms with Crippen LogP contribution in [0.4, 0.5) is 0 Å². The summed E-state index contributed by atoms with van der Waals surface area (Å²) in [5.41, 5.74) is 2.48. The van der Waals surface area contributed by atoms with E-state index in [1.807, 2.05) is 19.1 Å². The van der Waals surface area contributed by atoms with E-state index in [-0.39, 0.29) is 0 Å². The molecular formula is C14H23NO. The zero-order chi connectivity index (χ0) is 12.2. The maximum Gasteiger partial charge on any atom is 0.120 e. The Morgan fingerprint density at radius 3 is 2.62 bits per heavy atom. The lowest BCUT2D eigenvalue weighted by Gasteiger charge is -2.23. The Kier molecular flexibility index (Phi) is 4.36. The Balaban J connectivity index is 2.52. The molecular weight excluding hydrogens is 198 g/mol. The third-order valence-electron chi connectivity index (χ3n) is 3.11. The maximum atomic E-state index is 9.68. The molecule has 0 atom stereocenters. The van der Waals surface area contributed by atoms with Crippen molar-refractivity contribution in [3.8, 4) is 5.75 Å². The summed E-state index contributed by atoms with van der Waals surface area (Å²) in [6.07, 6.45) is 1.15. The number of nitrogens with one attached hydrogen (secondary N) is 1. The standard InChI is InChI=1S/C14H23NO/c1-5-14(3,4)10-15-9-12-8-11(2)6-7-13(12)16/h6-8,15-16H,5,9-10H2,1-4H3. The quantitative estimate of drug-likeness (QED) is 0.800. The summed E-state index contributed by atoms with van der Waals surface area (Å²) in [6, 6.07) is 5.72. The van der Waals surface area contributed by atoms with Crippen molar-refractivity contribution in [1.29, 1.82) is 0 Å². The molecule has 0 saturated carbocycles. The molecule has 0 spiro atoms. The van der Waals surface area contributed by atoms with Crippen molar-refractivity contribution < 1.29 is 5.11 Å². The minimum Gasteiger partial charge on any atom is -0.508 e. The first-order chi connectivity index (χ1) is 7.44. The van der Waals surface area contributed by atoms with Crippen molar-refractivity contribution >= 4 is 0 Å². The second kappa shape index (κ2) is 5.35. The lowest BCUT2D eigenvalue weighted by Crippen LogP contribution is -2.28. The average Bonchev–Trinajstić information content (AvgIpc) is 2.23. The topological polar surface area (TPSA) is 32.3 Å². The molecule has 0 radical (unpaired) electrons. The second-order valence-corrected chi connectivity index (χ2v) is 5.25. The Labute approximate surface area is 98.7 Å². The van der Waals surface area contributed by atoms with Gasteiger partial charge in [-0.05, 0) is 24.8 Å². The molecule has 0 amide bonds. The first kappa shape index (κ1) is 13.0. The monoisotopic (exact) mass is 221 g/mol. The van der Waals surface area contributed by atoms with Crippen LogP contribution in [0.5, 0.6) is 5.75 Å². The Hall–Kier alpha value is -1.02. The molecule has 0 bridgehead atoms. The van der Waals surface area contributed by atoms with E-state index < -0.39 is 0 Å². The van der Waals surface area contributed by atoms with Crippen molar-refractivity contribution in [2.45, 2.75) is 40.7 Å². The van der Waals surface area contributed by atoms with Crippen LogP contribution in [0, 0.1) is 12.3 Å². The van der Waals surface area contributed by atoms with Gasteiger partial charge in [0.25, 0.3) is 0 Å². The van der Waals surface area contributed by atoms with Crippen LogP contribution >= 0.6 is 0 Å². The van der Waals surface area contributed by atoms with Gasteiger partial charge in [-0.3, -0.25) is 0 Å². The van der Waals surface area contributed by atoms with E-state index in [1.165, 1.54) is 5.56 Å². The molecule has 1 rings (SSSR count). The molecule has 0 saturated heterocycles. The molecule has 0 aromatic heterocycles. The molecule has 0 heterocycles. The predicted molar refractivity (Wildman–Crippen MR) is 68.6 cm³/mol. The highest BCUT2D eigenvalue weighted by Gasteiger charge is 2.14. The van der Waals surface area contributed by atoms with Crippen molar-refractivity contribution in [3.63, 3.8) is 0 Å². The van der Waals surface area contributed by atoms with Gasteiger partial charge in [0.05, 0.1) is 0 Å². The molecule has 0 fully saturated rings. The summed E-state index contributed by atoms with van der Waals surface area (Å²) in [5, 5.41) is 13.1. The third kappa shape index (κ3) is 3.86. The van der Waals surface area contributed by atoms with Gasteiger partial charge in [-0.2, -0.15) is 0 Å². The zero-order valence-corrected chi connectivity index (χ0v) is 10.8. The number of phenolic OH excluding ortho intramolecular Hbond substituents is 1. The lowest BCUT2D eigenvalue weighted by molar-refractivity contribution is 0.326. The maximum absolute atomic E-state index is 9.68. The Morgan fingerprint density at radius 2 is 2.00 bits per heavy atom. The lowest BCUT2D eigenvalue weighted by atomic mass is 9.90. The zero-order valence-electron chi connectivity index (χ0n) is 10.8. The van der Waals surface area contributed by atoms with Crippen molar-refractivity contribution in [2.75, 3.05) is 6.54 Å². The van der Waals surface area contributed by atoms with Gasteiger partial charge in [-0.25, -0.2) is 0 Å². The summed E-state index contributed by atoms with van der Waals surface area (Å²) >= 11 is 0. The minimum absolute atomic E-state index is 0.319. The number of phenols is 1. The van der Waals surface area contributed by atoms with Gasteiger partial charge in [0.2, 0.25) is 0 Å². The minimum atomic E-state index is 0.319. The molecule has 16 heavy (non-hydrogen) atoms. The fourth-order valence-corrected chi connectivity index (χ4v) is 1.52. The van der Waals surface area contributed by atoms with Crippen molar-refractivity contribution in [1.82, 2.24) is 5.32 Å². The summed E-state index contributed by atoms with van der Waals surface area (Å²) in [4.78, 5) is 0. The molecule has 2 N–H and O–H groups in total. The van der Waals surface area contributed by atoms with Gasteiger partial charge in [-0.15, -0.1) is 0 Å². The summed E-state index contributed by atoms with van der Waals surface area (Å²) in [5.74, 6) is 0.382. The SMILES string of the molecule is CCC(C)(C)CNCc1cc(C)ccc1O. The number of aromatic hydroxyl groups is 1. The fourth-order valence-electron chi connectivity index (χ4n) is 1.52. The largest absolute Gasteiger partial charge is 0.508 e. The van der Waals surface area contributed by atoms with E-state index in [1.54, 1.807) is 6.07 Å². The molecule has 0 unspecified atom stereocenters. The molecule has 0 aliphatic heterocycles. The van der Waals surface area contributed by atoms with Crippen LogP contribution in [0.1, 0.15) is 38.3 Å². The molecule has 2 heteroatoms. The van der Waals surface area contributed by atoms with E-state index in [2.05, 4.69) is 26.1 Å². The number of hydrogen-bond acceptors (Lipinski definition) is 2. The van der Waals surface area contributed by atoms with Crippen LogP contribution in [-0.4, -0.2) is 11.7 Å². The number of hydrogen-bond donors (Lipinski definition) is 2. The highest BCUT2D eigenvalue weighted by molar-refractivity contribution is 5.35. The van der Waals surface area contributed by atoms with Crippen LogP contribution in [0.2, 0.25) is 0 Å². The van der Waals surface area contributed by atoms with Gasteiger partial charge < -0.3 is 10.4 Å². The highest BCUT2D eigenvalue weighted by Crippen LogP contribution is 2.20. The van der Waals surface area contributed by atoms with Crippen molar-refractivity contribution in [3.05, 3.63) is 29.3 Å². The van der Waals surface area contributed by atoms with E-state index >= 15 is 0 Å². The second-order valence-electron chi connectivity index (χ2n) is 5.25. The van der Waals surface area contributed by atoms with E-state index in [0.717, 1.165) is 25.1 Å². The molecule has 90 valence electrons. The van der Waals surface area contributed by atoms with Gasteiger partial charge in [-0.1, -0.05) is 38.5 Å². The van der Waals surface area contributed by atoms with Gasteiger partial charge in [0.15, 0.2) is 0 Å². The smallest absolute Gasteiger partial charge is 0.120 e. The first-order valence-electron chi connectivity index (χ1n) is 5.94. The Morgan fingerprint density at radius 1 is 1.31 bits per heavy atom. The summed E-state index contributed by atoms with van der Waals surface area (Å²) in [7, 11) is 0. The van der Waals surface area contributed by atoms with Crippen LogP contribution < -0.4 is 5.32 Å². The fraction of sp³-hybridized carbons (Fsp3) is 0.571. The third-order valence-corrected chi connectivity index (χ3v) is 3.11. The van der Waals surface area contributed by atoms with Gasteiger partial charge in [0.1, 0.15) is 5.75 Å². The van der Waals surface area contributed by atoms with Crippen LogP contribution in [0.3, 0.4) is 0 Å². The molecule has 1 aromatic rings. The molecule has 1 aromatic carbocycles. The number of benzene rings is 1. The summed E-state index contributed by atoms with van der Waals surface area (Å²) < 4.78 is 0. The first-order valence-corrected chi connectivity index (χ1v) is 5.94. The van der Waals surface area contributed by atoms with E-state index in [9.17, 15) is 5.11 Å². The summed E-state index contributed by atoms with van der Waals surface area (Å²) in [6.45, 7) is 10.4. The molecule has 2 nitrogen and oxygen atoms in total. The average molecular weight is 221 g/mol. The molecule has 0 aliphatic carbocycles. The van der Waals surface area contributed by atoms with E-state index in [0.29, 0.717) is 11.2 Å². The van der Waals surface area contributed by atoms with Crippen LogP contribution in [-0.2, 0) is 6.54 Å². The van der Waals surface area contributed by atoms with Crippen LogP contribution in [0.15, 0.2) is 18.2 Å². The van der Waals surface area contributed by atoms with Gasteiger partial charge in [0, 0.05) is 18.7 Å². The normalized spacial score (nSPS) is 11.8. The van der Waals surface area contributed by atoms with Crippen LogP contribution in [0.25, 0.3) is 0 Å². The predicted octanol–water partition coefficient (Wildman–Crippen LogP) is 3.23. The number of aryl methyl sites for hydroxylation is 1.